The first-order valence-corrected chi connectivity index (χ1v) is 7.28. The molecule has 0 amide bonds. The molecule has 0 saturated heterocycles. The van der Waals surface area contributed by atoms with Gasteiger partial charge in [0.1, 0.15) is 5.78 Å². The van der Waals surface area contributed by atoms with E-state index in [0.29, 0.717) is 24.4 Å². The first-order chi connectivity index (χ1) is 10.0. The van der Waals surface area contributed by atoms with Crippen molar-refractivity contribution < 1.29 is 14.3 Å². The number of esters is 1. The van der Waals surface area contributed by atoms with Crippen molar-refractivity contribution in [2.45, 2.75) is 39.2 Å². The number of ketones is 1. The van der Waals surface area contributed by atoms with E-state index in [9.17, 15) is 9.59 Å². The summed E-state index contributed by atoms with van der Waals surface area (Å²) in [4.78, 5) is 23.6. The number of fused-ring (bicyclic) bond motifs is 3. The van der Waals surface area contributed by atoms with Crippen LogP contribution in [0.5, 0.6) is 0 Å². The van der Waals surface area contributed by atoms with Crippen molar-refractivity contribution in [2.24, 2.45) is 0 Å². The van der Waals surface area contributed by atoms with E-state index >= 15 is 0 Å². The molecule has 0 atom stereocenters. The molecule has 0 N–H and O–H groups in total. The van der Waals surface area contributed by atoms with Crippen LogP contribution in [0.1, 0.15) is 47.9 Å². The van der Waals surface area contributed by atoms with Crippen molar-refractivity contribution in [3.8, 4) is 0 Å². The predicted molar refractivity (Wildman–Crippen MR) is 80.7 cm³/mol. The van der Waals surface area contributed by atoms with Crippen LogP contribution >= 0.6 is 0 Å². The van der Waals surface area contributed by atoms with Crippen LogP contribution in [0.15, 0.2) is 18.2 Å². The molecule has 2 aromatic rings. The summed E-state index contributed by atoms with van der Waals surface area (Å²) in [5, 5.41) is 1.01. The first-order valence-electron chi connectivity index (χ1n) is 7.28. The summed E-state index contributed by atoms with van der Waals surface area (Å²) in [6.45, 7) is 4.29. The summed E-state index contributed by atoms with van der Waals surface area (Å²) >= 11 is 0. The van der Waals surface area contributed by atoms with Crippen molar-refractivity contribution in [1.29, 1.82) is 0 Å². The molecular formula is C17H19NO3. The minimum Gasteiger partial charge on any atom is -0.465 e. The quantitative estimate of drug-likeness (QED) is 0.797. The number of rotatable bonds is 2. The number of benzene rings is 1. The third-order valence-corrected chi connectivity index (χ3v) is 4.17. The van der Waals surface area contributed by atoms with Crippen molar-refractivity contribution in [3.05, 3.63) is 35.0 Å². The van der Waals surface area contributed by atoms with Crippen LogP contribution in [0.25, 0.3) is 10.9 Å². The lowest BCUT2D eigenvalue weighted by molar-refractivity contribution is -0.118. The van der Waals surface area contributed by atoms with E-state index in [0.717, 1.165) is 22.9 Å². The molecule has 1 aromatic carbocycles. The highest BCUT2D eigenvalue weighted by molar-refractivity contribution is 5.98. The molecule has 3 rings (SSSR count). The van der Waals surface area contributed by atoms with Crippen molar-refractivity contribution in [3.63, 3.8) is 0 Å². The number of ether oxygens (including phenoxy) is 1. The zero-order chi connectivity index (χ0) is 15.1. The zero-order valence-corrected chi connectivity index (χ0v) is 12.6. The summed E-state index contributed by atoms with van der Waals surface area (Å²) in [5.41, 5.74) is 3.95. The van der Waals surface area contributed by atoms with Gasteiger partial charge in [0.2, 0.25) is 0 Å². The molecule has 4 heteroatoms. The highest BCUT2D eigenvalue weighted by atomic mass is 16.5. The minimum atomic E-state index is -0.343. The standard InChI is InChI=1S/C17H19NO3/c1-10(2)18-15-6-4-11(17(20)21-3)8-13(15)14-9-12(19)5-7-16(14)18/h4,6,8,10H,5,7,9H2,1-3H3. The highest BCUT2D eigenvalue weighted by Gasteiger charge is 2.25. The maximum Gasteiger partial charge on any atom is 0.337 e. The average molecular weight is 285 g/mol. The predicted octanol–water partition coefficient (Wildman–Crippen LogP) is 3.07. The van der Waals surface area contributed by atoms with Gasteiger partial charge in [-0.3, -0.25) is 4.79 Å². The number of carbonyl (C=O) groups excluding carboxylic acids is 2. The minimum absolute atomic E-state index is 0.272. The lowest BCUT2D eigenvalue weighted by atomic mass is 9.94. The smallest absolute Gasteiger partial charge is 0.337 e. The molecule has 0 radical (unpaired) electrons. The van der Waals surface area contributed by atoms with Crippen LogP contribution < -0.4 is 0 Å². The van der Waals surface area contributed by atoms with Gasteiger partial charge in [-0.25, -0.2) is 4.79 Å². The fraction of sp³-hybridized carbons (Fsp3) is 0.412. The fourth-order valence-corrected chi connectivity index (χ4v) is 3.28. The largest absolute Gasteiger partial charge is 0.465 e. The van der Waals surface area contributed by atoms with Crippen molar-refractivity contribution in [2.75, 3.05) is 7.11 Å². The highest BCUT2D eigenvalue weighted by Crippen LogP contribution is 2.34. The summed E-state index contributed by atoms with van der Waals surface area (Å²) in [6, 6.07) is 5.94. The molecule has 0 aliphatic heterocycles. The van der Waals surface area contributed by atoms with E-state index in [-0.39, 0.29) is 11.8 Å². The lowest BCUT2D eigenvalue weighted by Crippen LogP contribution is -2.16. The Balaban J connectivity index is 2.29. The number of hydrogen-bond donors (Lipinski definition) is 0. The zero-order valence-electron chi connectivity index (χ0n) is 12.6. The Hall–Kier alpha value is -2.10. The number of Topliss-reactive ketones (excluding diaryl/α,β-unsaturated/α-hetero) is 1. The first kappa shape index (κ1) is 13.9. The second kappa shape index (κ2) is 5.02. The van der Waals surface area contributed by atoms with Gasteiger partial charge in [-0.1, -0.05) is 0 Å². The van der Waals surface area contributed by atoms with Crippen LogP contribution in [0.4, 0.5) is 0 Å². The molecule has 0 spiro atoms. The average Bonchev–Trinajstić information content (AvgIpc) is 2.79. The Labute approximate surface area is 123 Å². The molecule has 1 aliphatic rings. The van der Waals surface area contributed by atoms with Gasteiger partial charge in [0.25, 0.3) is 0 Å². The Morgan fingerprint density at radius 3 is 2.71 bits per heavy atom. The summed E-state index contributed by atoms with van der Waals surface area (Å²) in [5.74, 6) is -0.0705. The second-order valence-corrected chi connectivity index (χ2v) is 5.83. The molecule has 0 bridgehead atoms. The van der Waals surface area contributed by atoms with Crippen LogP contribution in [-0.4, -0.2) is 23.4 Å². The number of carbonyl (C=O) groups is 2. The Bertz CT molecular complexity index is 740. The number of aromatic nitrogens is 1. The fourth-order valence-electron chi connectivity index (χ4n) is 3.28. The van der Waals surface area contributed by atoms with Crippen molar-refractivity contribution >= 4 is 22.7 Å². The SMILES string of the molecule is COC(=O)c1ccc2c(c1)c1c(n2C(C)C)CCC(=O)C1. The summed E-state index contributed by atoms with van der Waals surface area (Å²) < 4.78 is 7.08. The topological polar surface area (TPSA) is 48.3 Å². The van der Waals surface area contributed by atoms with Gasteiger partial charge in [-0.05, 0) is 44.0 Å². The molecule has 21 heavy (non-hydrogen) atoms. The van der Waals surface area contributed by atoms with E-state index in [4.69, 9.17) is 4.74 Å². The molecule has 0 fully saturated rings. The van der Waals surface area contributed by atoms with E-state index in [1.807, 2.05) is 12.1 Å². The van der Waals surface area contributed by atoms with Gasteiger partial charge in [0, 0.05) is 35.5 Å². The van der Waals surface area contributed by atoms with Crippen LogP contribution in [-0.2, 0) is 22.4 Å². The Morgan fingerprint density at radius 2 is 2.05 bits per heavy atom. The molecule has 1 heterocycles. The lowest BCUT2D eigenvalue weighted by Gasteiger charge is -2.18. The van der Waals surface area contributed by atoms with Gasteiger partial charge in [-0.15, -0.1) is 0 Å². The molecule has 1 aliphatic carbocycles. The van der Waals surface area contributed by atoms with E-state index in [1.165, 1.54) is 12.8 Å². The van der Waals surface area contributed by atoms with Crippen molar-refractivity contribution in [1.82, 2.24) is 4.57 Å². The van der Waals surface area contributed by atoms with E-state index in [1.54, 1.807) is 6.07 Å². The van der Waals surface area contributed by atoms with Gasteiger partial charge < -0.3 is 9.30 Å². The van der Waals surface area contributed by atoms with Gasteiger partial charge in [-0.2, -0.15) is 0 Å². The van der Waals surface area contributed by atoms with Crippen LogP contribution in [0.2, 0.25) is 0 Å². The molecule has 1 aromatic heterocycles. The monoisotopic (exact) mass is 285 g/mol. The van der Waals surface area contributed by atoms with Gasteiger partial charge >= 0.3 is 5.97 Å². The van der Waals surface area contributed by atoms with E-state index in [2.05, 4.69) is 18.4 Å². The molecule has 4 nitrogen and oxygen atoms in total. The second-order valence-electron chi connectivity index (χ2n) is 5.83. The number of hydrogen-bond acceptors (Lipinski definition) is 3. The van der Waals surface area contributed by atoms with E-state index < -0.39 is 0 Å². The van der Waals surface area contributed by atoms with Gasteiger partial charge in [0.05, 0.1) is 12.7 Å². The molecule has 0 saturated carbocycles. The number of nitrogens with zero attached hydrogens (tertiary/aromatic N) is 1. The summed E-state index contributed by atoms with van der Waals surface area (Å²) in [7, 11) is 1.38. The Kier molecular flexibility index (Phi) is 3.32. The normalized spacial score (nSPS) is 14.6. The maximum absolute atomic E-state index is 11.8. The van der Waals surface area contributed by atoms with Crippen LogP contribution in [0.3, 0.4) is 0 Å². The molecular weight excluding hydrogens is 266 g/mol. The van der Waals surface area contributed by atoms with Gasteiger partial charge in [0.15, 0.2) is 0 Å². The Morgan fingerprint density at radius 1 is 1.29 bits per heavy atom. The maximum atomic E-state index is 11.8. The van der Waals surface area contributed by atoms with Crippen LogP contribution in [0, 0.1) is 0 Å². The third-order valence-electron chi connectivity index (χ3n) is 4.17. The third kappa shape index (κ3) is 2.15. The molecule has 110 valence electrons. The molecule has 0 unspecified atom stereocenters. The number of methoxy groups -OCH3 is 1. The summed E-state index contributed by atoms with van der Waals surface area (Å²) in [6.07, 6.45) is 1.87.